The predicted molar refractivity (Wildman–Crippen MR) is 81.9 cm³/mol. The first-order chi connectivity index (χ1) is 11.2. The van der Waals surface area contributed by atoms with Crippen LogP contribution in [0.2, 0.25) is 0 Å². The van der Waals surface area contributed by atoms with Crippen LogP contribution in [-0.4, -0.2) is 38.3 Å². The van der Waals surface area contributed by atoms with Crippen LogP contribution < -0.4 is 0 Å². The molecule has 2 aliphatic rings. The summed E-state index contributed by atoms with van der Waals surface area (Å²) < 4.78 is 11.1. The van der Waals surface area contributed by atoms with E-state index in [1.165, 1.54) is 12.8 Å². The van der Waals surface area contributed by atoms with Crippen LogP contribution in [0.5, 0.6) is 0 Å². The SMILES string of the molecule is CC(C)c1nc([C@@H]2CCCN(Cc3nnc(C4CC4)o3)C2)no1. The molecule has 1 aliphatic heterocycles. The molecular formula is C16H23N5O2. The second-order valence-electron chi connectivity index (χ2n) is 7.03. The first kappa shape index (κ1) is 14.8. The molecule has 0 N–H and O–H groups in total. The highest BCUT2D eigenvalue weighted by Crippen LogP contribution is 2.39. The summed E-state index contributed by atoms with van der Waals surface area (Å²) >= 11 is 0. The Bertz CT molecular complexity index is 661. The molecule has 0 bridgehead atoms. The number of nitrogens with zero attached hydrogens (tertiary/aromatic N) is 5. The van der Waals surface area contributed by atoms with Crippen LogP contribution in [0, 0.1) is 0 Å². The van der Waals surface area contributed by atoms with Crippen molar-refractivity contribution in [3.05, 3.63) is 23.5 Å². The maximum absolute atomic E-state index is 5.77. The molecule has 2 fully saturated rings. The summed E-state index contributed by atoms with van der Waals surface area (Å²) in [4.78, 5) is 6.91. The third-order valence-electron chi connectivity index (χ3n) is 4.59. The van der Waals surface area contributed by atoms with Crippen molar-refractivity contribution >= 4 is 0 Å². The quantitative estimate of drug-likeness (QED) is 0.838. The average molecular weight is 317 g/mol. The molecule has 0 amide bonds. The average Bonchev–Trinajstić information content (AvgIpc) is 3.09. The van der Waals surface area contributed by atoms with Crippen LogP contribution in [0.25, 0.3) is 0 Å². The molecule has 1 saturated heterocycles. The van der Waals surface area contributed by atoms with Crippen LogP contribution in [-0.2, 0) is 6.54 Å². The molecule has 124 valence electrons. The van der Waals surface area contributed by atoms with E-state index in [-0.39, 0.29) is 5.92 Å². The second kappa shape index (κ2) is 6.03. The first-order valence-corrected chi connectivity index (χ1v) is 8.57. The van der Waals surface area contributed by atoms with Crippen LogP contribution in [0.3, 0.4) is 0 Å². The van der Waals surface area contributed by atoms with E-state index >= 15 is 0 Å². The lowest BCUT2D eigenvalue weighted by atomic mass is 9.97. The lowest BCUT2D eigenvalue weighted by Crippen LogP contribution is -2.34. The summed E-state index contributed by atoms with van der Waals surface area (Å²) in [7, 11) is 0. The Balaban J connectivity index is 1.39. The first-order valence-electron chi connectivity index (χ1n) is 8.57. The van der Waals surface area contributed by atoms with Gasteiger partial charge in [0.25, 0.3) is 0 Å². The van der Waals surface area contributed by atoms with Gasteiger partial charge in [0.05, 0.1) is 6.54 Å². The van der Waals surface area contributed by atoms with Crippen molar-refractivity contribution in [3.8, 4) is 0 Å². The predicted octanol–water partition coefficient (Wildman–Crippen LogP) is 2.83. The van der Waals surface area contributed by atoms with Crippen molar-refractivity contribution < 1.29 is 8.94 Å². The third-order valence-corrected chi connectivity index (χ3v) is 4.59. The minimum Gasteiger partial charge on any atom is -0.424 e. The fourth-order valence-corrected chi connectivity index (χ4v) is 3.07. The summed E-state index contributed by atoms with van der Waals surface area (Å²) in [6.07, 6.45) is 4.59. The molecule has 23 heavy (non-hydrogen) atoms. The Kier molecular flexibility index (Phi) is 3.88. The summed E-state index contributed by atoms with van der Waals surface area (Å²) in [6.45, 7) is 6.81. The molecule has 2 aromatic rings. The highest BCUT2D eigenvalue weighted by atomic mass is 16.5. The minimum atomic E-state index is 0.273. The standard InChI is InChI=1S/C16H23N5O2/c1-10(2)15-17-14(20-23-15)12-4-3-7-21(8-12)9-13-18-19-16(22-13)11-5-6-11/h10-12H,3-9H2,1-2H3/t12-/m1/s1. The summed E-state index contributed by atoms with van der Waals surface area (Å²) in [6, 6.07) is 0. The van der Waals surface area contributed by atoms with Crippen LogP contribution in [0.4, 0.5) is 0 Å². The monoisotopic (exact) mass is 317 g/mol. The highest BCUT2D eigenvalue weighted by molar-refractivity contribution is 5.02. The summed E-state index contributed by atoms with van der Waals surface area (Å²) in [5.41, 5.74) is 0. The number of hydrogen-bond acceptors (Lipinski definition) is 7. The number of likely N-dealkylation sites (tertiary alicyclic amines) is 1. The van der Waals surface area contributed by atoms with Gasteiger partial charge in [-0.3, -0.25) is 4.90 Å². The lowest BCUT2D eigenvalue weighted by molar-refractivity contribution is 0.178. The van der Waals surface area contributed by atoms with Crippen molar-refractivity contribution in [2.45, 2.75) is 63.8 Å². The molecule has 3 heterocycles. The molecule has 4 rings (SSSR count). The molecule has 0 aromatic carbocycles. The van der Waals surface area contributed by atoms with E-state index < -0.39 is 0 Å². The zero-order valence-electron chi connectivity index (χ0n) is 13.7. The van der Waals surface area contributed by atoms with Crippen molar-refractivity contribution in [3.63, 3.8) is 0 Å². The number of hydrogen-bond donors (Lipinski definition) is 0. The molecule has 7 heteroatoms. The van der Waals surface area contributed by atoms with Crippen molar-refractivity contribution in [1.82, 2.24) is 25.2 Å². The van der Waals surface area contributed by atoms with Crippen LogP contribution in [0.1, 0.15) is 80.8 Å². The Labute approximate surface area is 135 Å². The normalized spacial score (nSPS) is 22.8. The fraction of sp³-hybridized carbons (Fsp3) is 0.750. The van der Waals surface area contributed by atoms with Gasteiger partial charge in [-0.2, -0.15) is 4.98 Å². The molecule has 1 saturated carbocycles. The largest absolute Gasteiger partial charge is 0.424 e. The maximum atomic E-state index is 5.77. The molecule has 0 unspecified atom stereocenters. The lowest BCUT2D eigenvalue weighted by Gasteiger charge is -2.29. The van der Waals surface area contributed by atoms with E-state index in [1.807, 2.05) is 0 Å². The molecule has 7 nitrogen and oxygen atoms in total. The van der Waals surface area contributed by atoms with E-state index in [0.29, 0.717) is 18.4 Å². The highest BCUT2D eigenvalue weighted by Gasteiger charge is 2.30. The zero-order valence-corrected chi connectivity index (χ0v) is 13.7. The molecule has 1 atom stereocenters. The smallest absolute Gasteiger partial charge is 0.230 e. The Morgan fingerprint density at radius 1 is 1.17 bits per heavy atom. The fourth-order valence-electron chi connectivity index (χ4n) is 3.07. The van der Waals surface area contributed by atoms with E-state index in [9.17, 15) is 0 Å². The topological polar surface area (TPSA) is 81.1 Å². The zero-order chi connectivity index (χ0) is 15.8. The number of aromatic nitrogens is 4. The van der Waals surface area contributed by atoms with Crippen molar-refractivity contribution in [2.24, 2.45) is 0 Å². The maximum Gasteiger partial charge on any atom is 0.230 e. The van der Waals surface area contributed by atoms with Gasteiger partial charge in [-0.25, -0.2) is 0 Å². The molecule has 1 aliphatic carbocycles. The van der Waals surface area contributed by atoms with E-state index in [1.54, 1.807) is 0 Å². The Hall–Kier alpha value is -1.76. The van der Waals surface area contributed by atoms with E-state index in [0.717, 1.165) is 49.4 Å². The molecule has 0 spiro atoms. The van der Waals surface area contributed by atoms with Gasteiger partial charge in [0.2, 0.25) is 17.7 Å². The molecule has 0 radical (unpaired) electrons. The van der Waals surface area contributed by atoms with Gasteiger partial charge in [0.15, 0.2) is 5.82 Å². The number of rotatable bonds is 5. The van der Waals surface area contributed by atoms with Gasteiger partial charge in [-0.1, -0.05) is 19.0 Å². The number of piperidine rings is 1. The Morgan fingerprint density at radius 3 is 2.78 bits per heavy atom. The van der Waals surface area contributed by atoms with Crippen LogP contribution >= 0.6 is 0 Å². The second-order valence-corrected chi connectivity index (χ2v) is 7.03. The third kappa shape index (κ3) is 3.29. The van der Waals surface area contributed by atoms with Crippen molar-refractivity contribution in [1.29, 1.82) is 0 Å². The van der Waals surface area contributed by atoms with Gasteiger partial charge in [0.1, 0.15) is 0 Å². The van der Waals surface area contributed by atoms with Gasteiger partial charge in [0, 0.05) is 24.3 Å². The van der Waals surface area contributed by atoms with E-state index in [4.69, 9.17) is 8.94 Å². The van der Waals surface area contributed by atoms with Gasteiger partial charge >= 0.3 is 0 Å². The summed E-state index contributed by atoms with van der Waals surface area (Å²) in [5, 5.41) is 12.5. The van der Waals surface area contributed by atoms with Gasteiger partial charge in [-0.05, 0) is 32.2 Å². The van der Waals surface area contributed by atoms with Crippen molar-refractivity contribution in [2.75, 3.05) is 13.1 Å². The Morgan fingerprint density at radius 2 is 2.04 bits per heavy atom. The molecule has 2 aromatic heterocycles. The van der Waals surface area contributed by atoms with Gasteiger partial charge in [-0.15, -0.1) is 10.2 Å². The van der Waals surface area contributed by atoms with Crippen LogP contribution in [0.15, 0.2) is 8.94 Å². The minimum absolute atomic E-state index is 0.273. The van der Waals surface area contributed by atoms with E-state index in [2.05, 4.69) is 39.1 Å². The molecular weight excluding hydrogens is 294 g/mol. The summed E-state index contributed by atoms with van der Waals surface area (Å²) in [5.74, 6) is 4.21. The van der Waals surface area contributed by atoms with Gasteiger partial charge < -0.3 is 8.94 Å².